The Balaban J connectivity index is 1.83. The number of rotatable bonds is 12. The second-order valence-electron chi connectivity index (χ2n) is 10.8. The zero-order chi connectivity index (χ0) is 28.8. The summed E-state index contributed by atoms with van der Waals surface area (Å²) in [4.78, 5) is 25.1. The Hall–Kier alpha value is -3.15. The van der Waals surface area contributed by atoms with Crippen molar-refractivity contribution < 1.29 is 37.3 Å². The second kappa shape index (κ2) is 12.8. The number of sulfonamides is 1. The molecule has 1 aliphatic rings. The van der Waals surface area contributed by atoms with Crippen LogP contribution in [0.2, 0.25) is 0 Å². The first-order valence-corrected chi connectivity index (χ1v) is 14.3. The van der Waals surface area contributed by atoms with Crippen LogP contribution in [0.3, 0.4) is 0 Å². The van der Waals surface area contributed by atoms with E-state index in [4.69, 9.17) is 14.2 Å². The van der Waals surface area contributed by atoms with E-state index in [1.165, 1.54) is 23.5 Å². The molecule has 0 spiro atoms. The first-order valence-electron chi connectivity index (χ1n) is 12.8. The molecule has 10 nitrogen and oxygen atoms in total. The molecule has 3 atom stereocenters. The highest BCUT2D eigenvalue weighted by atomic mass is 32.2. The standard InChI is InChI=1S/C28H38N2O8S/c1-19(2)16-30(39(34,35)22-13-11-21(36-5)12-14-22)17-24(31)23(15-20-9-7-6-8-10-20)29-27(33)38-25-26(32)37-18-28(25,3)4/h6-14,19,23-25,31H,15-18H2,1-5H3,(H,29,33)/t23-,24?,25+/m1/s1. The summed E-state index contributed by atoms with van der Waals surface area (Å²) >= 11 is 0. The lowest BCUT2D eigenvalue weighted by Gasteiger charge is -2.31. The van der Waals surface area contributed by atoms with E-state index in [0.717, 1.165) is 5.56 Å². The van der Waals surface area contributed by atoms with Gasteiger partial charge in [-0.1, -0.05) is 58.0 Å². The minimum absolute atomic E-state index is 0.0358. The van der Waals surface area contributed by atoms with Gasteiger partial charge in [-0.3, -0.25) is 0 Å². The predicted octanol–water partition coefficient (Wildman–Crippen LogP) is 2.99. The Labute approximate surface area is 230 Å². The summed E-state index contributed by atoms with van der Waals surface area (Å²) in [5.74, 6) is -0.153. The van der Waals surface area contributed by atoms with Gasteiger partial charge in [0, 0.05) is 18.5 Å². The molecular formula is C28H38N2O8S. The van der Waals surface area contributed by atoms with Gasteiger partial charge in [0.25, 0.3) is 0 Å². The van der Waals surface area contributed by atoms with Crippen molar-refractivity contribution in [1.29, 1.82) is 0 Å². The highest BCUT2D eigenvalue weighted by Crippen LogP contribution is 2.31. The van der Waals surface area contributed by atoms with E-state index in [1.807, 2.05) is 44.2 Å². The maximum atomic E-state index is 13.6. The molecule has 1 fully saturated rings. The summed E-state index contributed by atoms with van der Waals surface area (Å²) < 4.78 is 43.9. The number of esters is 1. The number of benzene rings is 2. The van der Waals surface area contributed by atoms with Gasteiger partial charge in [-0.2, -0.15) is 4.31 Å². The van der Waals surface area contributed by atoms with Crippen LogP contribution in [0, 0.1) is 11.3 Å². The number of nitrogens with zero attached hydrogens (tertiary/aromatic N) is 1. The topological polar surface area (TPSA) is 131 Å². The molecule has 2 aromatic rings. The molecule has 0 aliphatic carbocycles. The van der Waals surface area contributed by atoms with Gasteiger partial charge in [-0.05, 0) is 42.2 Å². The third-order valence-electron chi connectivity index (χ3n) is 6.46. The van der Waals surface area contributed by atoms with Crippen LogP contribution in [-0.4, -0.2) is 74.9 Å². The van der Waals surface area contributed by atoms with Crippen molar-refractivity contribution in [1.82, 2.24) is 9.62 Å². The Kier molecular flexibility index (Phi) is 9.98. The quantitative estimate of drug-likeness (QED) is 0.378. The third kappa shape index (κ3) is 7.93. The zero-order valence-corrected chi connectivity index (χ0v) is 23.8. The molecule has 214 valence electrons. The molecule has 1 unspecified atom stereocenters. The van der Waals surface area contributed by atoms with Crippen molar-refractivity contribution in [2.75, 3.05) is 26.8 Å². The van der Waals surface area contributed by atoms with Crippen LogP contribution >= 0.6 is 0 Å². The van der Waals surface area contributed by atoms with Crippen LogP contribution in [0.1, 0.15) is 33.3 Å². The number of amides is 1. The number of aliphatic hydroxyl groups excluding tert-OH is 1. The fourth-order valence-corrected chi connectivity index (χ4v) is 5.91. The number of cyclic esters (lactones) is 1. The summed E-state index contributed by atoms with van der Waals surface area (Å²) in [6.45, 7) is 7.25. The van der Waals surface area contributed by atoms with E-state index < -0.39 is 45.8 Å². The molecule has 11 heteroatoms. The number of ether oxygens (including phenoxy) is 3. The van der Waals surface area contributed by atoms with Crippen molar-refractivity contribution in [2.24, 2.45) is 11.3 Å². The van der Waals surface area contributed by atoms with Gasteiger partial charge in [0.15, 0.2) is 0 Å². The van der Waals surface area contributed by atoms with Gasteiger partial charge in [-0.25, -0.2) is 18.0 Å². The predicted molar refractivity (Wildman–Crippen MR) is 145 cm³/mol. The van der Waals surface area contributed by atoms with Crippen LogP contribution in [-0.2, 0) is 30.7 Å². The molecule has 1 aliphatic heterocycles. The molecule has 2 aromatic carbocycles. The van der Waals surface area contributed by atoms with E-state index in [2.05, 4.69) is 5.32 Å². The smallest absolute Gasteiger partial charge is 0.408 e. The van der Waals surface area contributed by atoms with Gasteiger partial charge in [0.1, 0.15) is 12.4 Å². The number of alkyl carbamates (subject to hydrolysis) is 1. The molecule has 3 rings (SSSR count). The maximum Gasteiger partial charge on any atom is 0.408 e. The number of methoxy groups -OCH3 is 1. The normalized spacial score (nSPS) is 18.5. The number of carbonyl (C=O) groups excluding carboxylic acids is 2. The summed E-state index contributed by atoms with van der Waals surface area (Å²) in [5, 5.41) is 14.0. The van der Waals surface area contributed by atoms with Crippen LogP contribution in [0.5, 0.6) is 5.75 Å². The van der Waals surface area contributed by atoms with E-state index in [1.54, 1.807) is 26.0 Å². The summed E-state index contributed by atoms with van der Waals surface area (Å²) in [6, 6.07) is 14.3. The number of nitrogens with one attached hydrogen (secondary N) is 1. The Morgan fingerprint density at radius 1 is 1.13 bits per heavy atom. The number of hydrogen-bond acceptors (Lipinski definition) is 8. The Morgan fingerprint density at radius 2 is 1.77 bits per heavy atom. The van der Waals surface area contributed by atoms with Crippen molar-refractivity contribution in [2.45, 2.75) is 57.3 Å². The average molecular weight is 563 g/mol. The average Bonchev–Trinajstić information content (AvgIpc) is 3.15. The van der Waals surface area contributed by atoms with Crippen LogP contribution in [0.4, 0.5) is 4.79 Å². The lowest BCUT2D eigenvalue weighted by Crippen LogP contribution is -2.52. The van der Waals surface area contributed by atoms with Crippen molar-refractivity contribution in [3.05, 3.63) is 60.2 Å². The molecule has 1 heterocycles. The van der Waals surface area contributed by atoms with Gasteiger partial charge in [0.2, 0.25) is 16.1 Å². The molecule has 1 saturated heterocycles. The molecule has 0 radical (unpaired) electrons. The molecule has 0 bridgehead atoms. The highest BCUT2D eigenvalue weighted by Gasteiger charge is 2.47. The summed E-state index contributed by atoms with van der Waals surface area (Å²) in [7, 11) is -2.49. The van der Waals surface area contributed by atoms with Crippen LogP contribution in [0.25, 0.3) is 0 Å². The van der Waals surface area contributed by atoms with E-state index in [9.17, 15) is 23.1 Å². The van der Waals surface area contributed by atoms with E-state index in [-0.39, 0.29) is 36.9 Å². The Morgan fingerprint density at radius 3 is 2.31 bits per heavy atom. The van der Waals surface area contributed by atoms with Crippen molar-refractivity contribution in [3.63, 3.8) is 0 Å². The molecule has 39 heavy (non-hydrogen) atoms. The number of hydrogen-bond donors (Lipinski definition) is 2. The molecular weight excluding hydrogens is 524 g/mol. The van der Waals surface area contributed by atoms with Crippen molar-refractivity contribution in [3.8, 4) is 5.75 Å². The number of carbonyl (C=O) groups is 2. The van der Waals surface area contributed by atoms with Crippen LogP contribution < -0.4 is 10.1 Å². The van der Waals surface area contributed by atoms with E-state index >= 15 is 0 Å². The molecule has 0 saturated carbocycles. The minimum Gasteiger partial charge on any atom is -0.497 e. The minimum atomic E-state index is -3.98. The Bertz CT molecular complexity index is 1220. The first-order chi connectivity index (χ1) is 18.3. The molecule has 0 aromatic heterocycles. The van der Waals surface area contributed by atoms with Crippen LogP contribution in [0.15, 0.2) is 59.5 Å². The highest BCUT2D eigenvalue weighted by molar-refractivity contribution is 7.89. The summed E-state index contributed by atoms with van der Waals surface area (Å²) in [6.07, 6.45) is -3.10. The van der Waals surface area contributed by atoms with Gasteiger partial charge >= 0.3 is 12.1 Å². The third-order valence-corrected chi connectivity index (χ3v) is 8.30. The largest absolute Gasteiger partial charge is 0.497 e. The fourth-order valence-electron chi connectivity index (χ4n) is 4.29. The monoisotopic (exact) mass is 562 g/mol. The van der Waals surface area contributed by atoms with Gasteiger partial charge in [0.05, 0.1) is 24.2 Å². The summed E-state index contributed by atoms with van der Waals surface area (Å²) in [5.41, 5.74) is 0.110. The van der Waals surface area contributed by atoms with E-state index in [0.29, 0.717) is 5.75 Å². The molecule has 2 N–H and O–H groups in total. The number of aliphatic hydroxyl groups is 1. The molecule has 1 amide bonds. The van der Waals surface area contributed by atoms with Gasteiger partial charge < -0.3 is 24.6 Å². The first kappa shape index (κ1) is 30.4. The second-order valence-corrected chi connectivity index (χ2v) is 12.7. The fraction of sp³-hybridized carbons (Fsp3) is 0.500. The lowest BCUT2D eigenvalue weighted by atomic mass is 9.90. The zero-order valence-electron chi connectivity index (χ0n) is 23.0. The maximum absolute atomic E-state index is 13.6. The van der Waals surface area contributed by atoms with Gasteiger partial charge in [-0.15, -0.1) is 0 Å². The lowest BCUT2D eigenvalue weighted by molar-refractivity contribution is -0.145. The SMILES string of the molecule is COc1ccc(S(=O)(=O)N(CC(C)C)CC(O)[C@@H](Cc2ccccc2)NC(=O)O[C@H]2C(=O)OCC2(C)C)cc1. The van der Waals surface area contributed by atoms with Crippen molar-refractivity contribution >= 4 is 22.1 Å².